The Labute approximate surface area is 122 Å². The molecule has 6 nitrogen and oxygen atoms in total. The maximum atomic E-state index is 11.9. The molecule has 0 atom stereocenters. The van der Waals surface area contributed by atoms with Crippen molar-refractivity contribution in [1.82, 2.24) is 15.0 Å². The third-order valence-electron chi connectivity index (χ3n) is 2.64. The number of carbonyl (C=O) groups is 1. The van der Waals surface area contributed by atoms with Crippen LogP contribution in [0.4, 0.5) is 16.3 Å². The van der Waals surface area contributed by atoms with Gasteiger partial charge in [0.2, 0.25) is 0 Å². The first-order chi connectivity index (χ1) is 9.70. The zero-order valence-corrected chi connectivity index (χ0v) is 11.8. The number of carbonyl (C=O) groups excluding carboxylic acids is 1. The molecule has 0 radical (unpaired) electrons. The van der Waals surface area contributed by atoms with E-state index in [4.69, 9.17) is 0 Å². The predicted molar refractivity (Wildman–Crippen MR) is 80.7 cm³/mol. The first-order valence-corrected chi connectivity index (χ1v) is 6.63. The molecule has 3 aromatic rings. The molecule has 100 valence electrons. The minimum Gasteiger partial charge on any atom is -0.345 e. The van der Waals surface area contributed by atoms with Crippen LogP contribution in [0, 0.1) is 0 Å². The predicted octanol–water partition coefficient (Wildman–Crippen LogP) is 3.36. The maximum absolute atomic E-state index is 11.9. The second kappa shape index (κ2) is 5.30. The Kier molecular flexibility index (Phi) is 3.34. The summed E-state index contributed by atoms with van der Waals surface area (Å²) in [7, 11) is 0. The number of imidazole rings is 1. The number of rotatable bonds is 2. The Morgan fingerprint density at radius 2 is 2.05 bits per heavy atom. The molecule has 0 aliphatic carbocycles. The van der Waals surface area contributed by atoms with E-state index in [2.05, 4.69) is 41.5 Å². The molecule has 2 aromatic heterocycles. The van der Waals surface area contributed by atoms with E-state index in [-0.39, 0.29) is 6.03 Å². The molecule has 0 spiro atoms. The highest BCUT2D eigenvalue weighted by atomic mass is 79.9. The van der Waals surface area contributed by atoms with E-state index < -0.39 is 0 Å². The zero-order valence-electron chi connectivity index (χ0n) is 10.2. The van der Waals surface area contributed by atoms with Gasteiger partial charge in [-0.3, -0.25) is 5.32 Å². The van der Waals surface area contributed by atoms with Crippen LogP contribution in [-0.4, -0.2) is 21.0 Å². The van der Waals surface area contributed by atoms with Crippen molar-refractivity contribution in [3.8, 4) is 0 Å². The molecule has 1 aromatic carbocycles. The molecule has 2 heterocycles. The number of aromatic nitrogens is 3. The van der Waals surface area contributed by atoms with Crippen LogP contribution in [0.25, 0.3) is 11.0 Å². The molecular formula is C13H10BrN5O. The molecule has 0 saturated carbocycles. The molecule has 0 aliphatic heterocycles. The largest absolute Gasteiger partial charge is 0.345 e. The number of anilines is 2. The number of hydrogen-bond acceptors (Lipinski definition) is 3. The fourth-order valence-corrected chi connectivity index (χ4v) is 2.10. The van der Waals surface area contributed by atoms with Gasteiger partial charge in [-0.15, -0.1) is 0 Å². The summed E-state index contributed by atoms with van der Waals surface area (Å²) in [4.78, 5) is 23.0. The van der Waals surface area contributed by atoms with Crippen LogP contribution in [0.15, 0.2) is 47.3 Å². The lowest BCUT2D eigenvalue weighted by atomic mass is 10.3. The van der Waals surface area contributed by atoms with Crippen molar-refractivity contribution in [2.45, 2.75) is 0 Å². The molecule has 2 amide bonds. The van der Waals surface area contributed by atoms with Gasteiger partial charge >= 0.3 is 6.03 Å². The lowest BCUT2D eigenvalue weighted by Gasteiger charge is -2.07. The Bertz CT molecular complexity index is 770. The summed E-state index contributed by atoms with van der Waals surface area (Å²) in [5.41, 5.74) is 2.39. The van der Waals surface area contributed by atoms with Gasteiger partial charge in [-0.1, -0.05) is 15.9 Å². The van der Waals surface area contributed by atoms with Crippen LogP contribution in [0.3, 0.4) is 0 Å². The molecule has 0 unspecified atom stereocenters. The average molecular weight is 332 g/mol. The fourth-order valence-electron chi connectivity index (χ4n) is 1.77. The first kappa shape index (κ1) is 12.6. The molecule has 0 aliphatic rings. The number of nitrogens with one attached hydrogen (secondary N) is 3. The SMILES string of the molecule is O=C(Nc1ccc2nc[nH]c2c1)Nc1cc(Br)ccn1. The number of halogens is 1. The van der Waals surface area contributed by atoms with Crippen molar-refractivity contribution in [3.05, 3.63) is 47.3 Å². The summed E-state index contributed by atoms with van der Waals surface area (Å²) in [5, 5.41) is 5.39. The summed E-state index contributed by atoms with van der Waals surface area (Å²) in [6, 6.07) is 8.59. The van der Waals surface area contributed by atoms with Crippen LogP contribution in [0.2, 0.25) is 0 Å². The van der Waals surface area contributed by atoms with Crippen LogP contribution in [-0.2, 0) is 0 Å². The van der Waals surface area contributed by atoms with E-state index in [9.17, 15) is 4.79 Å². The van der Waals surface area contributed by atoms with E-state index in [0.717, 1.165) is 15.5 Å². The number of benzene rings is 1. The van der Waals surface area contributed by atoms with Gasteiger partial charge in [0.1, 0.15) is 5.82 Å². The topological polar surface area (TPSA) is 82.7 Å². The summed E-state index contributed by atoms with van der Waals surface area (Å²) < 4.78 is 0.849. The van der Waals surface area contributed by atoms with Crippen molar-refractivity contribution in [1.29, 1.82) is 0 Å². The minimum atomic E-state index is -0.352. The Morgan fingerprint density at radius 3 is 2.90 bits per heavy atom. The molecule has 0 saturated heterocycles. The number of hydrogen-bond donors (Lipinski definition) is 3. The highest BCUT2D eigenvalue weighted by Gasteiger charge is 2.05. The second-order valence-corrected chi connectivity index (χ2v) is 4.99. The van der Waals surface area contributed by atoms with E-state index in [1.165, 1.54) is 0 Å². The molecule has 0 bridgehead atoms. The molecule has 7 heteroatoms. The first-order valence-electron chi connectivity index (χ1n) is 5.83. The highest BCUT2D eigenvalue weighted by molar-refractivity contribution is 9.10. The van der Waals surface area contributed by atoms with E-state index in [0.29, 0.717) is 11.5 Å². The third kappa shape index (κ3) is 2.77. The summed E-state index contributed by atoms with van der Waals surface area (Å²) in [5.74, 6) is 0.472. The number of pyridine rings is 1. The van der Waals surface area contributed by atoms with Gasteiger partial charge in [0.15, 0.2) is 0 Å². The molecule has 3 N–H and O–H groups in total. The number of amides is 2. The van der Waals surface area contributed by atoms with E-state index in [1.54, 1.807) is 30.7 Å². The molecule has 3 rings (SSSR count). The van der Waals surface area contributed by atoms with Crippen LogP contribution in [0.1, 0.15) is 0 Å². The lowest BCUT2D eigenvalue weighted by Crippen LogP contribution is -2.19. The van der Waals surface area contributed by atoms with Crippen molar-refractivity contribution in [3.63, 3.8) is 0 Å². The van der Waals surface area contributed by atoms with Gasteiger partial charge in [-0.25, -0.2) is 14.8 Å². The number of aromatic amines is 1. The van der Waals surface area contributed by atoms with Crippen molar-refractivity contribution < 1.29 is 4.79 Å². The number of fused-ring (bicyclic) bond motifs is 1. The third-order valence-corrected chi connectivity index (χ3v) is 3.13. The Balaban J connectivity index is 1.72. The molecule has 0 fully saturated rings. The molecule has 20 heavy (non-hydrogen) atoms. The van der Waals surface area contributed by atoms with Gasteiger partial charge < -0.3 is 10.3 Å². The normalized spacial score (nSPS) is 10.4. The Morgan fingerprint density at radius 1 is 1.15 bits per heavy atom. The Hall–Kier alpha value is -2.41. The number of nitrogens with zero attached hydrogens (tertiary/aromatic N) is 2. The summed E-state index contributed by atoms with van der Waals surface area (Å²) in [6.07, 6.45) is 3.22. The number of urea groups is 1. The lowest BCUT2D eigenvalue weighted by molar-refractivity contribution is 0.262. The quantitative estimate of drug-likeness (QED) is 0.673. The maximum Gasteiger partial charge on any atom is 0.324 e. The number of H-pyrrole nitrogens is 1. The van der Waals surface area contributed by atoms with Gasteiger partial charge in [0, 0.05) is 16.4 Å². The van der Waals surface area contributed by atoms with Crippen molar-refractivity contribution in [2.24, 2.45) is 0 Å². The van der Waals surface area contributed by atoms with E-state index in [1.807, 2.05) is 12.1 Å². The monoisotopic (exact) mass is 331 g/mol. The minimum absolute atomic E-state index is 0.352. The summed E-state index contributed by atoms with van der Waals surface area (Å²) in [6.45, 7) is 0. The van der Waals surface area contributed by atoms with Gasteiger partial charge in [-0.05, 0) is 30.3 Å². The van der Waals surface area contributed by atoms with Gasteiger partial charge in [0.05, 0.1) is 17.4 Å². The highest BCUT2D eigenvalue weighted by Crippen LogP contribution is 2.16. The smallest absolute Gasteiger partial charge is 0.324 e. The molecular weight excluding hydrogens is 322 g/mol. The fraction of sp³-hybridized carbons (Fsp3) is 0. The zero-order chi connectivity index (χ0) is 13.9. The summed E-state index contributed by atoms with van der Waals surface area (Å²) >= 11 is 3.32. The van der Waals surface area contributed by atoms with Crippen LogP contribution < -0.4 is 10.6 Å². The van der Waals surface area contributed by atoms with Crippen molar-refractivity contribution >= 4 is 44.5 Å². The van der Waals surface area contributed by atoms with Gasteiger partial charge in [0.25, 0.3) is 0 Å². The van der Waals surface area contributed by atoms with Crippen LogP contribution >= 0.6 is 15.9 Å². The second-order valence-electron chi connectivity index (χ2n) is 4.07. The van der Waals surface area contributed by atoms with Gasteiger partial charge in [-0.2, -0.15) is 0 Å². The average Bonchev–Trinajstić information content (AvgIpc) is 2.86. The van der Waals surface area contributed by atoms with Crippen LogP contribution in [0.5, 0.6) is 0 Å². The standard InChI is InChI=1S/C13H10BrN5O/c14-8-3-4-15-12(5-8)19-13(20)18-9-1-2-10-11(6-9)17-7-16-10/h1-7H,(H,16,17)(H2,15,18,19,20). The van der Waals surface area contributed by atoms with E-state index >= 15 is 0 Å². The van der Waals surface area contributed by atoms with Crippen molar-refractivity contribution in [2.75, 3.05) is 10.6 Å².